The van der Waals surface area contributed by atoms with E-state index in [4.69, 9.17) is 23.2 Å². The molecule has 0 unspecified atom stereocenters. The van der Waals surface area contributed by atoms with E-state index in [1.54, 1.807) is 6.20 Å². The fourth-order valence-corrected chi connectivity index (χ4v) is 0.875. The van der Waals surface area contributed by atoms with E-state index in [2.05, 4.69) is 9.97 Å². The van der Waals surface area contributed by atoms with E-state index in [-0.39, 0.29) is 12.4 Å². The van der Waals surface area contributed by atoms with Crippen LogP contribution in [-0.2, 0) is 5.88 Å². The van der Waals surface area contributed by atoms with Crippen LogP contribution in [0, 0.1) is 0 Å². The molecule has 1 aromatic rings. The summed E-state index contributed by atoms with van der Waals surface area (Å²) >= 11 is 11.0. The Morgan fingerprint density at radius 1 is 1.30 bits per heavy atom. The van der Waals surface area contributed by atoms with Gasteiger partial charge in [0, 0.05) is 12.4 Å². The molecule has 0 N–H and O–H groups in total. The standard InChI is InChI=1S/C5H4Cl2N2.ClH/c6-3-4-5(7)9-2-1-8-4;/h1-2H,3H2;1H. The van der Waals surface area contributed by atoms with Gasteiger partial charge in [0.1, 0.15) is 0 Å². The molecule has 5 heteroatoms. The zero-order valence-electron chi connectivity index (χ0n) is 4.92. The summed E-state index contributed by atoms with van der Waals surface area (Å²) in [5.74, 6) is 0.312. The van der Waals surface area contributed by atoms with E-state index >= 15 is 0 Å². The van der Waals surface area contributed by atoms with E-state index in [1.165, 1.54) is 6.20 Å². The smallest absolute Gasteiger partial charge is 0.151 e. The molecule has 0 bridgehead atoms. The van der Waals surface area contributed by atoms with Crippen LogP contribution in [0.15, 0.2) is 12.4 Å². The van der Waals surface area contributed by atoms with Crippen molar-refractivity contribution < 1.29 is 0 Å². The minimum Gasteiger partial charge on any atom is -0.255 e. The van der Waals surface area contributed by atoms with Crippen molar-refractivity contribution in [1.82, 2.24) is 9.97 Å². The molecule has 0 spiro atoms. The molecule has 0 aromatic carbocycles. The zero-order valence-corrected chi connectivity index (χ0v) is 7.25. The lowest BCUT2D eigenvalue weighted by atomic mass is 10.5. The normalized spacial score (nSPS) is 8.60. The lowest BCUT2D eigenvalue weighted by molar-refractivity contribution is 1.10. The Balaban J connectivity index is 0.000000810. The number of halogens is 3. The molecule has 1 rings (SSSR count). The Morgan fingerprint density at radius 2 is 1.90 bits per heavy atom. The lowest BCUT2D eigenvalue weighted by Crippen LogP contribution is -1.87. The number of hydrogen-bond donors (Lipinski definition) is 0. The first-order valence-electron chi connectivity index (χ1n) is 2.36. The second-order valence-corrected chi connectivity index (χ2v) is 2.05. The van der Waals surface area contributed by atoms with Crippen LogP contribution in [-0.4, -0.2) is 9.97 Å². The number of alkyl halides is 1. The summed E-state index contributed by atoms with van der Waals surface area (Å²) in [7, 11) is 0. The van der Waals surface area contributed by atoms with E-state index in [1.807, 2.05) is 0 Å². The average Bonchev–Trinajstić information content (AvgIpc) is 1.89. The van der Waals surface area contributed by atoms with Crippen LogP contribution in [0.1, 0.15) is 5.69 Å². The maximum atomic E-state index is 5.57. The predicted octanol–water partition coefficient (Wildman–Crippen LogP) is 2.29. The van der Waals surface area contributed by atoms with Gasteiger partial charge in [-0.15, -0.1) is 24.0 Å². The highest BCUT2D eigenvalue weighted by atomic mass is 35.5. The minimum absolute atomic E-state index is 0. The summed E-state index contributed by atoms with van der Waals surface area (Å²) in [5.41, 5.74) is 0.626. The van der Waals surface area contributed by atoms with Gasteiger partial charge in [-0.1, -0.05) is 11.6 Å². The number of rotatable bonds is 1. The molecule has 0 radical (unpaired) electrons. The highest BCUT2D eigenvalue weighted by Gasteiger charge is 1.96. The fraction of sp³-hybridized carbons (Fsp3) is 0.200. The van der Waals surface area contributed by atoms with Gasteiger partial charge in [-0.25, -0.2) is 4.98 Å². The van der Waals surface area contributed by atoms with Crippen LogP contribution in [0.25, 0.3) is 0 Å². The van der Waals surface area contributed by atoms with Crippen molar-refractivity contribution in [2.75, 3.05) is 0 Å². The van der Waals surface area contributed by atoms with Gasteiger partial charge in [-0.05, 0) is 0 Å². The van der Waals surface area contributed by atoms with Crippen LogP contribution >= 0.6 is 35.6 Å². The Morgan fingerprint density at radius 3 is 2.30 bits per heavy atom. The fourth-order valence-electron chi connectivity index (χ4n) is 0.439. The van der Waals surface area contributed by atoms with Gasteiger partial charge in [-0.2, -0.15) is 0 Å². The molecular formula is C5H5Cl3N2. The van der Waals surface area contributed by atoms with Crippen molar-refractivity contribution in [3.8, 4) is 0 Å². The molecule has 1 aromatic heterocycles. The van der Waals surface area contributed by atoms with Gasteiger partial charge in [0.15, 0.2) is 5.15 Å². The predicted molar refractivity (Wildman–Crippen MR) is 43.8 cm³/mol. The summed E-state index contributed by atoms with van der Waals surface area (Å²) in [5, 5.41) is 0.382. The third kappa shape index (κ3) is 2.29. The van der Waals surface area contributed by atoms with Gasteiger partial charge in [0.2, 0.25) is 0 Å². The highest BCUT2D eigenvalue weighted by molar-refractivity contribution is 6.30. The summed E-state index contributed by atoms with van der Waals surface area (Å²) in [6.07, 6.45) is 3.09. The SMILES string of the molecule is Cl.ClCc1nccnc1Cl. The van der Waals surface area contributed by atoms with Gasteiger partial charge in [0.05, 0.1) is 11.6 Å². The third-order valence-corrected chi connectivity index (χ3v) is 1.42. The molecule has 0 aliphatic carbocycles. The van der Waals surface area contributed by atoms with Crippen LogP contribution < -0.4 is 0 Å². The molecule has 0 fully saturated rings. The Hall–Kier alpha value is -0.0500. The maximum Gasteiger partial charge on any atom is 0.151 e. The van der Waals surface area contributed by atoms with Crippen LogP contribution in [0.3, 0.4) is 0 Å². The topological polar surface area (TPSA) is 25.8 Å². The molecule has 0 saturated carbocycles. The summed E-state index contributed by atoms with van der Waals surface area (Å²) < 4.78 is 0. The quantitative estimate of drug-likeness (QED) is 0.649. The largest absolute Gasteiger partial charge is 0.255 e. The first-order chi connectivity index (χ1) is 4.34. The number of aromatic nitrogens is 2. The molecule has 0 aliphatic heterocycles. The molecule has 10 heavy (non-hydrogen) atoms. The first kappa shape index (κ1) is 9.95. The molecule has 0 aliphatic rings. The molecule has 1 heterocycles. The number of nitrogens with zero attached hydrogens (tertiary/aromatic N) is 2. The van der Waals surface area contributed by atoms with Gasteiger partial charge >= 0.3 is 0 Å². The van der Waals surface area contributed by atoms with Crippen LogP contribution in [0.5, 0.6) is 0 Å². The number of hydrogen-bond acceptors (Lipinski definition) is 2. The summed E-state index contributed by atoms with van der Waals surface area (Å²) in [6.45, 7) is 0. The second kappa shape index (κ2) is 4.72. The minimum atomic E-state index is 0. The third-order valence-electron chi connectivity index (χ3n) is 0.850. The van der Waals surface area contributed by atoms with E-state index in [0.717, 1.165) is 0 Å². The lowest BCUT2D eigenvalue weighted by Gasteiger charge is -1.92. The highest BCUT2D eigenvalue weighted by Crippen LogP contribution is 2.09. The summed E-state index contributed by atoms with van der Waals surface area (Å²) in [6, 6.07) is 0. The van der Waals surface area contributed by atoms with Crippen LogP contribution in [0.4, 0.5) is 0 Å². The molecule has 0 saturated heterocycles. The first-order valence-corrected chi connectivity index (χ1v) is 3.27. The van der Waals surface area contributed by atoms with E-state index < -0.39 is 0 Å². The Kier molecular flexibility index (Phi) is 4.69. The summed E-state index contributed by atoms with van der Waals surface area (Å²) in [4.78, 5) is 7.64. The zero-order chi connectivity index (χ0) is 6.69. The Labute approximate surface area is 75.0 Å². The monoisotopic (exact) mass is 198 g/mol. The van der Waals surface area contributed by atoms with Crippen molar-refractivity contribution in [1.29, 1.82) is 0 Å². The molecule has 0 amide bonds. The van der Waals surface area contributed by atoms with Gasteiger partial charge in [-0.3, -0.25) is 4.98 Å². The van der Waals surface area contributed by atoms with Crippen molar-refractivity contribution in [2.24, 2.45) is 0 Å². The Bertz CT molecular complexity index is 204. The molecular weight excluding hydrogens is 194 g/mol. The van der Waals surface area contributed by atoms with Gasteiger partial charge in [0.25, 0.3) is 0 Å². The maximum absolute atomic E-state index is 5.57. The average molecular weight is 199 g/mol. The van der Waals surface area contributed by atoms with Crippen LogP contribution in [0.2, 0.25) is 5.15 Å². The van der Waals surface area contributed by atoms with E-state index in [0.29, 0.717) is 16.7 Å². The molecule has 2 nitrogen and oxygen atoms in total. The van der Waals surface area contributed by atoms with Gasteiger partial charge < -0.3 is 0 Å². The molecule has 0 atom stereocenters. The van der Waals surface area contributed by atoms with Crippen molar-refractivity contribution >= 4 is 35.6 Å². The van der Waals surface area contributed by atoms with Crippen molar-refractivity contribution in [3.05, 3.63) is 23.2 Å². The van der Waals surface area contributed by atoms with Crippen molar-refractivity contribution in [2.45, 2.75) is 5.88 Å². The second-order valence-electron chi connectivity index (χ2n) is 1.43. The molecule has 56 valence electrons. The van der Waals surface area contributed by atoms with Crippen molar-refractivity contribution in [3.63, 3.8) is 0 Å². The van der Waals surface area contributed by atoms with E-state index in [9.17, 15) is 0 Å².